The van der Waals surface area contributed by atoms with Crippen LogP contribution >= 0.6 is 11.6 Å². The monoisotopic (exact) mass is 321 g/mol. The molecule has 116 valence electrons. The average Bonchev–Trinajstić information content (AvgIpc) is 2.53. The molecule has 0 bridgehead atoms. The first kappa shape index (κ1) is 16.2. The van der Waals surface area contributed by atoms with Crippen LogP contribution in [0.25, 0.3) is 0 Å². The van der Waals surface area contributed by atoms with Crippen LogP contribution in [0, 0.1) is 5.82 Å². The first-order valence-electron chi connectivity index (χ1n) is 6.73. The summed E-state index contributed by atoms with van der Waals surface area (Å²) in [4.78, 5) is 0. The van der Waals surface area contributed by atoms with Crippen molar-refractivity contribution in [3.63, 3.8) is 0 Å². The number of halogens is 2. The molecule has 0 saturated carbocycles. The molecule has 2 rings (SSSR count). The highest BCUT2D eigenvalue weighted by atomic mass is 35.5. The van der Waals surface area contributed by atoms with Gasteiger partial charge in [-0.05, 0) is 42.0 Å². The maximum Gasteiger partial charge on any atom is 0.180 e. The summed E-state index contributed by atoms with van der Waals surface area (Å²) in [7, 11) is 1.56. The Morgan fingerprint density at radius 2 is 2.00 bits per heavy atom. The van der Waals surface area contributed by atoms with Gasteiger partial charge in [0.05, 0.1) is 12.1 Å². The summed E-state index contributed by atoms with van der Waals surface area (Å²) in [6.07, 6.45) is 1.64. The number of hydrogen-bond donors (Lipinski definition) is 1. The van der Waals surface area contributed by atoms with Crippen LogP contribution in [0.3, 0.4) is 0 Å². The number of benzene rings is 2. The van der Waals surface area contributed by atoms with E-state index in [4.69, 9.17) is 21.1 Å². The van der Waals surface area contributed by atoms with E-state index in [9.17, 15) is 4.39 Å². The molecule has 3 nitrogen and oxygen atoms in total. The summed E-state index contributed by atoms with van der Waals surface area (Å²) in [5.41, 5.74) is 1.75. The van der Waals surface area contributed by atoms with Crippen LogP contribution in [0.4, 0.5) is 10.1 Å². The first-order valence-corrected chi connectivity index (χ1v) is 7.11. The minimum atomic E-state index is -0.265. The summed E-state index contributed by atoms with van der Waals surface area (Å²) in [6, 6.07) is 9.82. The summed E-state index contributed by atoms with van der Waals surface area (Å²) in [6.45, 7) is 4.48. The molecule has 0 unspecified atom stereocenters. The Morgan fingerprint density at radius 1 is 1.27 bits per heavy atom. The molecule has 0 saturated heterocycles. The van der Waals surface area contributed by atoms with Crippen LogP contribution in [0.2, 0.25) is 5.02 Å². The van der Waals surface area contributed by atoms with E-state index in [1.165, 1.54) is 12.1 Å². The van der Waals surface area contributed by atoms with Gasteiger partial charge in [-0.25, -0.2) is 4.39 Å². The number of nitrogens with one attached hydrogen (secondary N) is 1. The minimum absolute atomic E-state index is 0.265. The van der Waals surface area contributed by atoms with Crippen molar-refractivity contribution >= 4 is 17.3 Å². The summed E-state index contributed by atoms with van der Waals surface area (Å²) in [5.74, 6) is 0.791. The van der Waals surface area contributed by atoms with E-state index in [1.807, 2.05) is 6.07 Å². The second-order valence-electron chi connectivity index (χ2n) is 4.57. The van der Waals surface area contributed by atoms with Gasteiger partial charge in [0, 0.05) is 12.2 Å². The number of rotatable bonds is 7. The van der Waals surface area contributed by atoms with Crippen molar-refractivity contribution in [1.82, 2.24) is 0 Å². The van der Waals surface area contributed by atoms with Crippen LogP contribution < -0.4 is 14.8 Å². The highest BCUT2D eigenvalue weighted by Gasteiger charge is 2.11. The molecule has 0 fully saturated rings. The molecule has 0 atom stereocenters. The van der Waals surface area contributed by atoms with Crippen LogP contribution in [-0.4, -0.2) is 13.7 Å². The topological polar surface area (TPSA) is 30.5 Å². The van der Waals surface area contributed by atoms with Gasteiger partial charge in [-0.2, -0.15) is 0 Å². The Kier molecular flexibility index (Phi) is 5.67. The molecular weight excluding hydrogens is 305 g/mol. The first-order chi connectivity index (χ1) is 10.6. The van der Waals surface area contributed by atoms with Crippen molar-refractivity contribution in [2.75, 3.05) is 19.0 Å². The Balaban J connectivity index is 2.12. The van der Waals surface area contributed by atoms with Gasteiger partial charge in [0.1, 0.15) is 12.4 Å². The normalized spacial score (nSPS) is 10.1. The lowest BCUT2D eigenvalue weighted by atomic mass is 10.2. The summed E-state index contributed by atoms with van der Waals surface area (Å²) in [5, 5.41) is 3.66. The van der Waals surface area contributed by atoms with Crippen molar-refractivity contribution in [3.05, 3.63) is 65.5 Å². The zero-order chi connectivity index (χ0) is 15.9. The molecule has 0 radical (unpaired) electrons. The maximum atomic E-state index is 12.9. The number of hydrogen-bond acceptors (Lipinski definition) is 3. The van der Waals surface area contributed by atoms with Crippen LogP contribution in [0.15, 0.2) is 49.1 Å². The van der Waals surface area contributed by atoms with Gasteiger partial charge in [0.2, 0.25) is 0 Å². The van der Waals surface area contributed by atoms with E-state index >= 15 is 0 Å². The van der Waals surface area contributed by atoms with Gasteiger partial charge in [0.25, 0.3) is 0 Å². The lowest BCUT2D eigenvalue weighted by Crippen LogP contribution is -2.02. The van der Waals surface area contributed by atoms with Crippen LogP contribution in [-0.2, 0) is 6.54 Å². The second-order valence-corrected chi connectivity index (χ2v) is 4.98. The van der Waals surface area contributed by atoms with E-state index in [1.54, 1.807) is 31.4 Å². The molecule has 0 aliphatic rings. The third-order valence-electron chi connectivity index (χ3n) is 2.98. The molecule has 5 heteroatoms. The zero-order valence-electron chi connectivity index (χ0n) is 12.2. The van der Waals surface area contributed by atoms with Crippen molar-refractivity contribution < 1.29 is 13.9 Å². The standard InChI is InChI=1S/C17H17ClFNO2/c1-3-8-22-17-15(18)9-12(10-16(17)21-2)11-20-14-6-4-13(19)5-7-14/h3-7,9-10,20H,1,8,11H2,2H3. The fraction of sp³-hybridized carbons (Fsp3) is 0.176. The van der Waals surface area contributed by atoms with Gasteiger partial charge >= 0.3 is 0 Å². The molecule has 22 heavy (non-hydrogen) atoms. The smallest absolute Gasteiger partial charge is 0.180 e. The van der Waals surface area contributed by atoms with Gasteiger partial charge in [-0.15, -0.1) is 0 Å². The molecule has 2 aromatic carbocycles. The molecule has 0 aliphatic heterocycles. The maximum absolute atomic E-state index is 12.9. The fourth-order valence-electron chi connectivity index (χ4n) is 1.93. The molecule has 0 aliphatic carbocycles. The van der Waals surface area contributed by atoms with Gasteiger partial charge < -0.3 is 14.8 Å². The van der Waals surface area contributed by atoms with Crippen molar-refractivity contribution in [3.8, 4) is 11.5 Å². The average molecular weight is 322 g/mol. The third-order valence-corrected chi connectivity index (χ3v) is 3.26. The fourth-order valence-corrected chi connectivity index (χ4v) is 2.22. The van der Waals surface area contributed by atoms with E-state index in [-0.39, 0.29) is 5.82 Å². The molecular formula is C17H17ClFNO2. The summed E-state index contributed by atoms with van der Waals surface area (Å²) >= 11 is 6.23. The molecule has 0 aromatic heterocycles. The van der Waals surface area contributed by atoms with E-state index in [0.717, 1.165) is 11.3 Å². The van der Waals surface area contributed by atoms with Gasteiger partial charge in [0.15, 0.2) is 11.5 Å². The Bertz CT molecular complexity index is 644. The summed E-state index contributed by atoms with van der Waals surface area (Å²) < 4.78 is 23.7. The molecule has 0 heterocycles. The highest BCUT2D eigenvalue weighted by molar-refractivity contribution is 6.32. The Hall–Kier alpha value is -2.20. The van der Waals surface area contributed by atoms with Gasteiger partial charge in [-0.1, -0.05) is 24.3 Å². The predicted molar refractivity (Wildman–Crippen MR) is 87.4 cm³/mol. The molecule has 2 aromatic rings. The lowest BCUT2D eigenvalue weighted by Gasteiger charge is -2.14. The molecule has 1 N–H and O–H groups in total. The Labute approximate surface area is 134 Å². The van der Waals surface area contributed by atoms with E-state index in [0.29, 0.717) is 29.7 Å². The third kappa shape index (κ3) is 4.15. The SMILES string of the molecule is C=CCOc1c(Cl)cc(CNc2ccc(F)cc2)cc1OC. The quantitative estimate of drug-likeness (QED) is 0.752. The van der Waals surface area contributed by atoms with E-state index < -0.39 is 0 Å². The zero-order valence-corrected chi connectivity index (χ0v) is 13.0. The van der Waals surface area contributed by atoms with Crippen molar-refractivity contribution in [1.29, 1.82) is 0 Å². The lowest BCUT2D eigenvalue weighted by molar-refractivity contribution is 0.326. The van der Waals surface area contributed by atoms with Gasteiger partial charge in [-0.3, -0.25) is 0 Å². The second kappa shape index (κ2) is 7.71. The molecule has 0 spiro atoms. The Morgan fingerprint density at radius 3 is 2.64 bits per heavy atom. The number of methoxy groups -OCH3 is 1. The van der Waals surface area contributed by atoms with E-state index in [2.05, 4.69) is 11.9 Å². The van der Waals surface area contributed by atoms with Crippen molar-refractivity contribution in [2.45, 2.75) is 6.54 Å². The molecule has 0 amide bonds. The predicted octanol–water partition coefficient (Wildman–Crippen LogP) is 4.66. The highest BCUT2D eigenvalue weighted by Crippen LogP contribution is 2.36. The number of ether oxygens (including phenoxy) is 2. The van der Waals surface area contributed by atoms with Crippen LogP contribution in [0.1, 0.15) is 5.56 Å². The number of anilines is 1. The largest absolute Gasteiger partial charge is 0.493 e. The van der Waals surface area contributed by atoms with Crippen molar-refractivity contribution in [2.24, 2.45) is 0 Å². The minimum Gasteiger partial charge on any atom is -0.493 e. The van der Waals surface area contributed by atoms with Crippen LogP contribution in [0.5, 0.6) is 11.5 Å².